The van der Waals surface area contributed by atoms with Crippen molar-refractivity contribution in [1.29, 1.82) is 0 Å². The number of aromatic amines is 1. The Labute approximate surface area is 91.2 Å². The topological polar surface area (TPSA) is 55.0 Å². The highest BCUT2D eigenvalue weighted by molar-refractivity contribution is 6.34. The van der Waals surface area contributed by atoms with E-state index in [0.29, 0.717) is 17.7 Å². The van der Waals surface area contributed by atoms with Crippen molar-refractivity contribution in [2.24, 2.45) is 0 Å². The molecule has 5 heteroatoms. The monoisotopic (exact) mass is 224 g/mol. The van der Waals surface area contributed by atoms with Gasteiger partial charge in [-0.2, -0.15) is 0 Å². The number of esters is 1. The lowest BCUT2D eigenvalue weighted by atomic mass is 10.3. The Kier molecular flexibility index (Phi) is 2.60. The van der Waals surface area contributed by atoms with Gasteiger partial charge < -0.3 is 9.72 Å². The van der Waals surface area contributed by atoms with Crippen molar-refractivity contribution in [2.75, 3.05) is 6.61 Å². The highest BCUT2D eigenvalue weighted by Crippen LogP contribution is 2.24. The average Bonchev–Trinajstić information content (AvgIpc) is 2.54. The second-order valence-corrected chi connectivity index (χ2v) is 3.31. The number of H-pyrrole nitrogens is 1. The number of nitrogens with zero attached hydrogens (tertiary/aromatic N) is 1. The fraction of sp³-hybridized carbons (Fsp3) is 0.200. The van der Waals surface area contributed by atoms with Crippen LogP contribution in [0.5, 0.6) is 0 Å². The molecule has 4 nitrogen and oxygen atoms in total. The van der Waals surface area contributed by atoms with Gasteiger partial charge in [0.15, 0.2) is 0 Å². The van der Waals surface area contributed by atoms with Gasteiger partial charge in [0.05, 0.1) is 12.1 Å². The van der Waals surface area contributed by atoms with Crippen molar-refractivity contribution >= 4 is 28.6 Å². The van der Waals surface area contributed by atoms with Crippen LogP contribution >= 0.6 is 11.6 Å². The van der Waals surface area contributed by atoms with E-state index in [2.05, 4.69) is 9.97 Å². The second kappa shape index (κ2) is 3.90. The number of fused-ring (bicyclic) bond motifs is 1. The Balaban J connectivity index is 2.58. The van der Waals surface area contributed by atoms with Crippen LogP contribution in [0.1, 0.15) is 17.3 Å². The van der Waals surface area contributed by atoms with E-state index < -0.39 is 5.97 Å². The van der Waals surface area contributed by atoms with Crippen LogP contribution in [-0.2, 0) is 4.74 Å². The number of rotatable bonds is 2. The molecule has 0 aromatic carbocycles. The van der Waals surface area contributed by atoms with Gasteiger partial charge in [-0.25, -0.2) is 4.79 Å². The first-order valence-electron chi connectivity index (χ1n) is 4.53. The minimum atomic E-state index is -0.451. The van der Waals surface area contributed by atoms with Crippen molar-refractivity contribution in [1.82, 2.24) is 9.97 Å². The molecule has 78 valence electrons. The van der Waals surface area contributed by atoms with Gasteiger partial charge in [0.1, 0.15) is 16.2 Å². The molecule has 15 heavy (non-hydrogen) atoms. The molecule has 0 saturated carbocycles. The number of hydrogen-bond acceptors (Lipinski definition) is 3. The summed E-state index contributed by atoms with van der Waals surface area (Å²) in [6, 6.07) is 3.57. The summed E-state index contributed by atoms with van der Waals surface area (Å²) >= 11 is 5.90. The fourth-order valence-corrected chi connectivity index (χ4v) is 1.65. The maximum atomic E-state index is 11.6. The predicted molar refractivity (Wildman–Crippen MR) is 57.1 cm³/mol. The number of hydrogen-bond donors (Lipinski definition) is 1. The number of carbonyl (C=O) groups excluding carboxylic acids is 1. The van der Waals surface area contributed by atoms with Crippen molar-refractivity contribution in [3.8, 4) is 0 Å². The van der Waals surface area contributed by atoms with Crippen LogP contribution < -0.4 is 0 Å². The molecule has 0 radical (unpaired) electrons. The van der Waals surface area contributed by atoms with E-state index in [9.17, 15) is 4.79 Å². The molecule has 0 fully saturated rings. The normalized spacial score (nSPS) is 10.5. The molecule has 1 N–H and O–H groups in total. The van der Waals surface area contributed by atoms with E-state index in [1.165, 1.54) is 0 Å². The Morgan fingerprint density at radius 3 is 3.20 bits per heavy atom. The van der Waals surface area contributed by atoms with Crippen LogP contribution in [0.25, 0.3) is 11.0 Å². The summed E-state index contributed by atoms with van der Waals surface area (Å²) in [5, 5.41) is 0.266. The molecule has 0 atom stereocenters. The number of aromatic nitrogens is 2. The quantitative estimate of drug-likeness (QED) is 0.797. The number of carbonyl (C=O) groups is 1. The largest absolute Gasteiger partial charge is 0.462 e. The molecule has 0 unspecified atom stereocenters. The summed E-state index contributed by atoms with van der Waals surface area (Å²) in [5.74, 6) is -0.451. The Hall–Kier alpha value is -1.55. The van der Waals surface area contributed by atoms with Gasteiger partial charge in [0.2, 0.25) is 0 Å². The standard InChI is InChI=1S/C10H9ClN2O2/c1-2-15-10(14)7-8-6(13-9(7)11)4-3-5-12-8/h3-5,13H,2H2,1H3. The lowest BCUT2D eigenvalue weighted by molar-refractivity contribution is 0.0528. The molecule has 2 aromatic heterocycles. The fourth-order valence-electron chi connectivity index (χ4n) is 1.38. The summed E-state index contributed by atoms with van der Waals surface area (Å²) < 4.78 is 4.89. The summed E-state index contributed by atoms with van der Waals surface area (Å²) in [6.45, 7) is 2.06. The van der Waals surface area contributed by atoms with Crippen LogP contribution in [0.2, 0.25) is 5.15 Å². The zero-order chi connectivity index (χ0) is 10.8. The summed E-state index contributed by atoms with van der Waals surface area (Å²) in [4.78, 5) is 18.5. The van der Waals surface area contributed by atoms with Gasteiger partial charge in [0.25, 0.3) is 0 Å². The Morgan fingerprint density at radius 1 is 1.67 bits per heavy atom. The molecule has 0 bridgehead atoms. The molecule has 0 spiro atoms. The third kappa shape index (κ3) is 1.68. The number of pyridine rings is 1. The molecular formula is C10H9ClN2O2. The van der Waals surface area contributed by atoms with Crippen LogP contribution in [0.15, 0.2) is 18.3 Å². The molecule has 0 aliphatic heterocycles. The lowest BCUT2D eigenvalue weighted by Gasteiger charge is -1.99. The highest BCUT2D eigenvalue weighted by Gasteiger charge is 2.18. The van der Waals surface area contributed by atoms with Crippen LogP contribution in [-0.4, -0.2) is 22.5 Å². The van der Waals surface area contributed by atoms with E-state index in [4.69, 9.17) is 16.3 Å². The minimum Gasteiger partial charge on any atom is -0.462 e. The molecule has 0 aliphatic rings. The Morgan fingerprint density at radius 2 is 2.47 bits per heavy atom. The maximum absolute atomic E-state index is 11.6. The maximum Gasteiger partial charge on any atom is 0.343 e. The molecule has 0 amide bonds. The third-order valence-electron chi connectivity index (χ3n) is 1.99. The minimum absolute atomic E-state index is 0.266. The van der Waals surface area contributed by atoms with Crippen LogP contribution in [0.4, 0.5) is 0 Å². The van der Waals surface area contributed by atoms with E-state index in [0.717, 1.165) is 5.52 Å². The molecule has 0 saturated heterocycles. The Bertz CT molecular complexity index is 507. The molecule has 2 rings (SSSR count). The van der Waals surface area contributed by atoms with Gasteiger partial charge >= 0.3 is 5.97 Å². The first kappa shape index (κ1) is 9.98. The number of nitrogens with one attached hydrogen (secondary N) is 1. The molecule has 2 aromatic rings. The summed E-state index contributed by atoms with van der Waals surface area (Å²) in [6.07, 6.45) is 1.61. The van der Waals surface area contributed by atoms with E-state index in [1.54, 1.807) is 25.3 Å². The first-order valence-corrected chi connectivity index (χ1v) is 4.91. The number of halogens is 1. The highest BCUT2D eigenvalue weighted by atomic mass is 35.5. The smallest absolute Gasteiger partial charge is 0.343 e. The van der Waals surface area contributed by atoms with E-state index >= 15 is 0 Å². The van der Waals surface area contributed by atoms with E-state index in [1.807, 2.05) is 0 Å². The average molecular weight is 225 g/mol. The van der Waals surface area contributed by atoms with Crippen molar-refractivity contribution < 1.29 is 9.53 Å². The van der Waals surface area contributed by atoms with Gasteiger partial charge in [-0.05, 0) is 19.1 Å². The van der Waals surface area contributed by atoms with E-state index in [-0.39, 0.29) is 5.15 Å². The third-order valence-corrected chi connectivity index (χ3v) is 2.27. The second-order valence-electron chi connectivity index (χ2n) is 2.93. The lowest BCUT2D eigenvalue weighted by Crippen LogP contribution is -2.04. The number of ether oxygens (including phenoxy) is 1. The summed E-state index contributed by atoms with van der Waals surface area (Å²) in [5.41, 5.74) is 1.57. The van der Waals surface area contributed by atoms with Gasteiger partial charge in [-0.3, -0.25) is 4.98 Å². The van der Waals surface area contributed by atoms with Crippen LogP contribution in [0, 0.1) is 0 Å². The molecular weight excluding hydrogens is 216 g/mol. The molecule has 2 heterocycles. The van der Waals surface area contributed by atoms with Gasteiger partial charge in [-0.15, -0.1) is 0 Å². The molecule has 0 aliphatic carbocycles. The van der Waals surface area contributed by atoms with Crippen molar-refractivity contribution in [2.45, 2.75) is 6.92 Å². The zero-order valence-electron chi connectivity index (χ0n) is 8.08. The van der Waals surface area contributed by atoms with Gasteiger partial charge in [0, 0.05) is 6.20 Å². The van der Waals surface area contributed by atoms with Gasteiger partial charge in [-0.1, -0.05) is 11.6 Å². The van der Waals surface area contributed by atoms with Crippen LogP contribution in [0.3, 0.4) is 0 Å². The van der Waals surface area contributed by atoms with Crippen molar-refractivity contribution in [3.05, 3.63) is 29.0 Å². The first-order chi connectivity index (χ1) is 7.24. The zero-order valence-corrected chi connectivity index (χ0v) is 8.84. The van der Waals surface area contributed by atoms with Crippen molar-refractivity contribution in [3.63, 3.8) is 0 Å². The summed E-state index contributed by atoms with van der Waals surface area (Å²) in [7, 11) is 0. The predicted octanol–water partition coefficient (Wildman–Crippen LogP) is 2.39. The SMILES string of the molecule is CCOC(=O)c1c(Cl)[nH]c2cccnc12.